The van der Waals surface area contributed by atoms with E-state index in [1.807, 2.05) is 42.5 Å². The summed E-state index contributed by atoms with van der Waals surface area (Å²) in [4.78, 5) is 26.2. The van der Waals surface area contributed by atoms with Gasteiger partial charge in [-0.05, 0) is 52.4 Å². The first-order valence-corrected chi connectivity index (χ1v) is 9.32. The number of amides is 2. The lowest BCUT2D eigenvalue weighted by molar-refractivity contribution is -0.120. The van der Waals surface area contributed by atoms with Crippen molar-refractivity contribution in [2.45, 2.75) is 25.2 Å². The van der Waals surface area contributed by atoms with E-state index in [1.54, 1.807) is 12.1 Å². The minimum Gasteiger partial charge on any atom is -0.445 e. The molecule has 2 aromatic rings. The fraction of sp³-hybridized carbons (Fsp3) is 0.263. The number of hydrogen-bond acceptors (Lipinski definition) is 4. The van der Waals surface area contributed by atoms with Gasteiger partial charge in [0.15, 0.2) is 0 Å². The van der Waals surface area contributed by atoms with Gasteiger partial charge in [0.2, 0.25) is 5.91 Å². The number of anilines is 1. The molecule has 6 nitrogen and oxygen atoms in total. The molecule has 3 rings (SSSR count). The summed E-state index contributed by atoms with van der Waals surface area (Å²) in [7, 11) is 0. The van der Waals surface area contributed by atoms with Crippen molar-refractivity contribution in [2.75, 3.05) is 11.9 Å². The number of aliphatic hydroxyl groups is 1. The van der Waals surface area contributed by atoms with Crippen molar-refractivity contribution >= 4 is 40.3 Å². The Bertz CT molecular complexity index is 767. The van der Waals surface area contributed by atoms with Crippen LogP contribution in [0.15, 0.2) is 54.6 Å². The molecule has 1 saturated heterocycles. The van der Waals surface area contributed by atoms with Gasteiger partial charge in [-0.1, -0.05) is 30.3 Å². The topological polar surface area (TPSA) is 78.9 Å². The largest absolute Gasteiger partial charge is 0.445 e. The molecule has 0 aliphatic carbocycles. The highest BCUT2D eigenvalue weighted by atomic mass is 127. The zero-order valence-corrected chi connectivity index (χ0v) is 16.1. The van der Waals surface area contributed by atoms with E-state index < -0.39 is 18.2 Å². The van der Waals surface area contributed by atoms with Gasteiger partial charge in [0, 0.05) is 15.7 Å². The Labute approximate surface area is 165 Å². The monoisotopic (exact) mass is 466 g/mol. The van der Waals surface area contributed by atoms with Crippen LogP contribution in [0.1, 0.15) is 12.0 Å². The second-order valence-electron chi connectivity index (χ2n) is 6.09. The number of nitrogens with zero attached hydrogens (tertiary/aromatic N) is 1. The Hall–Kier alpha value is -2.13. The molecule has 2 aromatic carbocycles. The molecule has 0 bridgehead atoms. The lowest BCUT2D eigenvalue weighted by Crippen LogP contribution is -2.43. The number of benzene rings is 2. The van der Waals surface area contributed by atoms with Crippen LogP contribution >= 0.6 is 22.6 Å². The van der Waals surface area contributed by atoms with Gasteiger partial charge < -0.3 is 15.2 Å². The van der Waals surface area contributed by atoms with Gasteiger partial charge in [-0.2, -0.15) is 0 Å². The van der Waals surface area contributed by atoms with Crippen LogP contribution in [-0.2, 0) is 16.1 Å². The number of β-amino-alcohol motifs (C(OH)–C–C–N with tert-alkyl or cyclic N) is 1. The molecule has 1 aliphatic rings. The molecule has 2 unspecified atom stereocenters. The Morgan fingerprint density at radius 2 is 1.85 bits per heavy atom. The number of nitrogens with one attached hydrogen (secondary N) is 1. The van der Waals surface area contributed by atoms with E-state index in [0.29, 0.717) is 5.69 Å². The summed E-state index contributed by atoms with van der Waals surface area (Å²) in [6.07, 6.45) is -1.16. The lowest BCUT2D eigenvalue weighted by Gasteiger charge is -2.23. The van der Waals surface area contributed by atoms with E-state index >= 15 is 0 Å². The Morgan fingerprint density at radius 3 is 2.54 bits per heavy atom. The summed E-state index contributed by atoms with van der Waals surface area (Å²) in [6.45, 7) is 0.204. The molecular weight excluding hydrogens is 447 g/mol. The van der Waals surface area contributed by atoms with Gasteiger partial charge in [0.25, 0.3) is 0 Å². The van der Waals surface area contributed by atoms with E-state index in [4.69, 9.17) is 4.74 Å². The zero-order valence-electron chi connectivity index (χ0n) is 14.0. The summed E-state index contributed by atoms with van der Waals surface area (Å²) >= 11 is 2.18. The maximum absolute atomic E-state index is 12.6. The minimum absolute atomic E-state index is 0.0817. The predicted molar refractivity (Wildman–Crippen MR) is 106 cm³/mol. The SMILES string of the molecule is O=C(Nc1ccc(I)cc1)C1CC(O)CN1C(=O)OCc1ccccc1. The van der Waals surface area contributed by atoms with Crippen molar-refractivity contribution in [1.29, 1.82) is 0 Å². The Balaban J connectivity index is 1.62. The van der Waals surface area contributed by atoms with Gasteiger partial charge in [0.05, 0.1) is 12.6 Å². The minimum atomic E-state index is -0.757. The van der Waals surface area contributed by atoms with E-state index in [1.165, 1.54) is 4.90 Å². The number of likely N-dealkylation sites (tertiary alicyclic amines) is 1. The van der Waals surface area contributed by atoms with Crippen molar-refractivity contribution in [3.05, 3.63) is 63.7 Å². The molecule has 1 fully saturated rings. The molecule has 2 N–H and O–H groups in total. The van der Waals surface area contributed by atoms with Crippen LogP contribution in [0, 0.1) is 3.57 Å². The molecule has 1 aliphatic heterocycles. The second-order valence-corrected chi connectivity index (χ2v) is 7.34. The van der Waals surface area contributed by atoms with Crippen LogP contribution in [0.3, 0.4) is 0 Å². The quantitative estimate of drug-likeness (QED) is 0.680. The van der Waals surface area contributed by atoms with E-state index in [0.717, 1.165) is 9.13 Å². The van der Waals surface area contributed by atoms with Crippen molar-refractivity contribution in [1.82, 2.24) is 4.90 Å². The average molecular weight is 466 g/mol. The molecule has 1 heterocycles. The maximum Gasteiger partial charge on any atom is 0.410 e. The van der Waals surface area contributed by atoms with Crippen molar-refractivity contribution in [2.24, 2.45) is 0 Å². The summed E-state index contributed by atoms with van der Waals surface area (Å²) in [5, 5.41) is 12.7. The van der Waals surface area contributed by atoms with Crippen LogP contribution in [-0.4, -0.2) is 40.7 Å². The first kappa shape index (κ1) is 18.7. The zero-order chi connectivity index (χ0) is 18.5. The fourth-order valence-electron chi connectivity index (χ4n) is 2.83. The van der Waals surface area contributed by atoms with Crippen LogP contribution < -0.4 is 5.32 Å². The summed E-state index contributed by atoms with van der Waals surface area (Å²) in [5.74, 6) is -0.334. The number of hydrogen-bond donors (Lipinski definition) is 2. The molecule has 26 heavy (non-hydrogen) atoms. The van der Waals surface area contributed by atoms with Crippen LogP contribution in [0.4, 0.5) is 10.5 Å². The molecule has 0 aromatic heterocycles. The third kappa shape index (κ3) is 4.73. The summed E-state index contributed by atoms with van der Waals surface area (Å²) in [5.41, 5.74) is 1.51. The van der Waals surface area contributed by atoms with Crippen LogP contribution in [0.25, 0.3) is 0 Å². The summed E-state index contributed by atoms with van der Waals surface area (Å²) < 4.78 is 6.36. The van der Waals surface area contributed by atoms with Gasteiger partial charge in [-0.15, -0.1) is 0 Å². The predicted octanol–water partition coefficient (Wildman–Crippen LogP) is 3.00. The standard InChI is InChI=1S/C19H19IN2O4/c20-14-6-8-15(9-7-14)21-18(24)17-10-16(23)11-22(17)19(25)26-12-13-4-2-1-3-5-13/h1-9,16-17,23H,10-12H2,(H,21,24). The number of rotatable bonds is 4. The number of aliphatic hydroxyl groups excluding tert-OH is 1. The number of ether oxygens (including phenoxy) is 1. The third-order valence-corrected chi connectivity index (χ3v) is 4.85. The second kappa shape index (κ2) is 8.50. The molecule has 2 atom stereocenters. The van der Waals surface area contributed by atoms with Crippen LogP contribution in [0.2, 0.25) is 0 Å². The molecular formula is C19H19IN2O4. The summed E-state index contributed by atoms with van der Waals surface area (Å²) in [6, 6.07) is 15.9. The molecule has 0 radical (unpaired) electrons. The highest BCUT2D eigenvalue weighted by molar-refractivity contribution is 14.1. The van der Waals surface area contributed by atoms with E-state index in [-0.39, 0.29) is 25.5 Å². The van der Waals surface area contributed by atoms with E-state index in [9.17, 15) is 14.7 Å². The van der Waals surface area contributed by atoms with Gasteiger partial charge in [-0.3, -0.25) is 9.69 Å². The molecule has 7 heteroatoms. The molecule has 0 spiro atoms. The van der Waals surface area contributed by atoms with Gasteiger partial charge in [0.1, 0.15) is 12.6 Å². The Morgan fingerprint density at radius 1 is 1.15 bits per heavy atom. The molecule has 2 amide bonds. The lowest BCUT2D eigenvalue weighted by atomic mass is 10.2. The number of carbonyl (C=O) groups excluding carboxylic acids is 2. The van der Waals surface area contributed by atoms with Gasteiger partial charge >= 0.3 is 6.09 Å². The van der Waals surface area contributed by atoms with Crippen molar-refractivity contribution in [3.63, 3.8) is 0 Å². The third-order valence-electron chi connectivity index (χ3n) is 4.13. The van der Waals surface area contributed by atoms with Crippen molar-refractivity contribution in [3.8, 4) is 0 Å². The first-order valence-electron chi connectivity index (χ1n) is 8.25. The maximum atomic E-state index is 12.6. The molecule has 136 valence electrons. The van der Waals surface area contributed by atoms with Crippen LogP contribution in [0.5, 0.6) is 0 Å². The average Bonchev–Trinajstić information content (AvgIpc) is 3.04. The number of carbonyl (C=O) groups is 2. The molecule has 0 saturated carbocycles. The smallest absolute Gasteiger partial charge is 0.410 e. The highest BCUT2D eigenvalue weighted by Gasteiger charge is 2.39. The Kier molecular flexibility index (Phi) is 6.10. The fourth-order valence-corrected chi connectivity index (χ4v) is 3.18. The highest BCUT2D eigenvalue weighted by Crippen LogP contribution is 2.21. The van der Waals surface area contributed by atoms with Crippen molar-refractivity contribution < 1.29 is 19.4 Å². The van der Waals surface area contributed by atoms with E-state index in [2.05, 4.69) is 27.9 Å². The van der Waals surface area contributed by atoms with Gasteiger partial charge in [-0.25, -0.2) is 4.79 Å². The number of halogens is 1. The normalized spacial score (nSPS) is 19.2. The first-order chi connectivity index (χ1) is 12.5.